The number of esters is 1. The van der Waals surface area contributed by atoms with Gasteiger partial charge in [-0.15, -0.1) is 0 Å². The molecule has 0 amide bonds. The molecule has 0 spiro atoms. The number of nitrogens with two attached hydrogens (primary N) is 1. The van der Waals surface area contributed by atoms with Crippen LogP contribution in [-0.4, -0.2) is 30.8 Å². The first-order chi connectivity index (χ1) is 7.48. The van der Waals surface area contributed by atoms with E-state index in [2.05, 4.69) is 13.8 Å². The van der Waals surface area contributed by atoms with Crippen molar-refractivity contribution in [2.45, 2.75) is 51.7 Å². The van der Waals surface area contributed by atoms with E-state index in [0.717, 1.165) is 13.0 Å². The molecular formula is C12H23NO3. The molecule has 4 nitrogen and oxygen atoms in total. The highest BCUT2D eigenvalue weighted by Gasteiger charge is 2.43. The average Bonchev–Trinajstić information content (AvgIpc) is 2.59. The number of ether oxygens (including phenoxy) is 2. The van der Waals surface area contributed by atoms with E-state index in [9.17, 15) is 4.79 Å². The first-order valence-electron chi connectivity index (χ1n) is 6.05. The average molecular weight is 229 g/mol. The molecule has 2 unspecified atom stereocenters. The Labute approximate surface area is 97.5 Å². The Morgan fingerprint density at radius 3 is 2.81 bits per heavy atom. The van der Waals surface area contributed by atoms with Crippen LogP contribution in [0.1, 0.15) is 40.0 Å². The number of hydrogen-bond donors (Lipinski definition) is 1. The molecule has 1 rings (SSSR count). The van der Waals surface area contributed by atoms with Crippen LogP contribution in [0.4, 0.5) is 0 Å². The van der Waals surface area contributed by atoms with Gasteiger partial charge in [0, 0.05) is 13.0 Å². The molecule has 94 valence electrons. The number of rotatable bonds is 5. The van der Waals surface area contributed by atoms with Crippen molar-refractivity contribution in [1.29, 1.82) is 0 Å². The van der Waals surface area contributed by atoms with Gasteiger partial charge in [-0.25, -0.2) is 0 Å². The zero-order valence-electron chi connectivity index (χ0n) is 10.5. The van der Waals surface area contributed by atoms with Gasteiger partial charge < -0.3 is 15.2 Å². The summed E-state index contributed by atoms with van der Waals surface area (Å²) in [4.78, 5) is 11.6. The topological polar surface area (TPSA) is 61.5 Å². The molecule has 2 atom stereocenters. The molecule has 4 heteroatoms. The maximum atomic E-state index is 11.6. The van der Waals surface area contributed by atoms with E-state index in [0.29, 0.717) is 25.4 Å². The van der Waals surface area contributed by atoms with Gasteiger partial charge in [0.05, 0.1) is 12.7 Å². The van der Waals surface area contributed by atoms with Gasteiger partial charge in [0.2, 0.25) is 0 Å². The third-order valence-electron chi connectivity index (χ3n) is 2.85. The Morgan fingerprint density at radius 2 is 2.25 bits per heavy atom. The molecule has 0 bridgehead atoms. The predicted molar refractivity (Wildman–Crippen MR) is 62.0 cm³/mol. The van der Waals surface area contributed by atoms with Crippen molar-refractivity contribution in [3.63, 3.8) is 0 Å². The third kappa shape index (κ3) is 3.46. The molecule has 0 aromatic carbocycles. The van der Waals surface area contributed by atoms with Gasteiger partial charge in [0.1, 0.15) is 5.54 Å². The molecule has 16 heavy (non-hydrogen) atoms. The van der Waals surface area contributed by atoms with Crippen LogP contribution in [-0.2, 0) is 14.3 Å². The van der Waals surface area contributed by atoms with Crippen molar-refractivity contribution in [2.75, 3.05) is 13.2 Å². The molecular weight excluding hydrogens is 206 g/mol. The molecule has 1 aliphatic carbocycles. The van der Waals surface area contributed by atoms with Crippen LogP contribution in [0.15, 0.2) is 0 Å². The summed E-state index contributed by atoms with van der Waals surface area (Å²) in [5.41, 5.74) is 5.21. The fourth-order valence-corrected chi connectivity index (χ4v) is 1.96. The Kier molecular flexibility index (Phi) is 4.74. The molecule has 0 aromatic heterocycles. The van der Waals surface area contributed by atoms with E-state index in [1.807, 2.05) is 0 Å². The van der Waals surface area contributed by atoms with E-state index in [1.165, 1.54) is 0 Å². The van der Waals surface area contributed by atoms with Gasteiger partial charge >= 0.3 is 5.97 Å². The lowest BCUT2D eigenvalue weighted by atomic mass is 9.99. The van der Waals surface area contributed by atoms with Gasteiger partial charge in [-0.1, -0.05) is 13.8 Å². The minimum absolute atomic E-state index is 0.108. The lowest BCUT2D eigenvalue weighted by molar-refractivity contribution is -0.149. The summed E-state index contributed by atoms with van der Waals surface area (Å²) < 4.78 is 10.7. The summed E-state index contributed by atoms with van der Waals surface area (Å²) in [6.07, 6.45) is 2.20. The Balaban J connectivity index is 2.41. The predicted octanol–water partition coefficient (Wildman–Crippen LogP) is 1.47. The van der Waals surface area contributed by atoms with Crippen molar-refractivity contribution < 1.29 is 14.3 Å². The van der Waals surface area contributed by atoms with Gasteiger partial charge in [0.25, 0.3) is 0 Å². The highest BCUT2D eigenvalue weighted by Crippen LogP contribution is 2.31. The fourth-order valence-electron chi connectivity index (χ4n) is 1.96. The highest BCUT2D eigenvalue weighted by molar-refractivity contribution is 5.81. The van der Waals surface area contributed by atoms with Crippen molar-refractivity contribution in [2.24, 2.45) is 11.7 Å². The molecule has 0 saturated heterocycles. The normalized spacial score (nSPS) is 29.7. The van der Waals surface area contributed by atoms with Crippen LogP contribution in [0, 0.1) is 5.92 Å². The Hall–Kier alpha value is -0.610. The first kappa shape index (κ1) is 13.5. The molecule has 0 heterocycles. The minimum Gasteiger partial charge on any atom is -0.465 e. The lowest BCUT2D eigenvalue weighted by Crippen LogP contribution is -2.47. The van der Waals surface area contributed by atoms with E-state index in [-0.39, 0.29) is 12.1 Å². The molecule has 0 aromatic rings. The third-order valence-corrected chi connectivity index (χ3v) is 2.85. The Morgan fingerprint density at radius 1 is 1.56 bits per heavy atom. The van der Waals surface area contributed by atoms with Crippen molar-refractivity contribution >= 4 is 5.97 Å². The summed E-state index contributed by atoms with van der Waals surface area (Å²) in [7, 11) is 0. The second kappa shape index (κ2) is 5.64. The monoisotopic (exact) mass is 229 g/mol. The van der Waals surface area contributed by atoms with Crippen LogP contribution in [0.5, 0.6) is 0 Å². The smallest absolute Gasteiger partial charge is 0.326 e. The van der Waals surface area contributed by atoms with Crippen molar-refractivity contribution in [3.8, 4) is 0 Å². The largest absolute Gasteiger partial charge is 0.465 e. The summed E-state index contributed by atoms with van der Waals surface area (Å²) in [6.45, 7) is 7.12. The minimum atomic E-state index is -0.822. The van der Waals surface area contributed by atoms with Crippen LogP contribution in [0.2, 0.25) is 0 Å². The summed E-state index contributed by atoms with van der Waals surface area (Å²) >= 11 is 0. The summed E-state index contributed by atoms with van der Waals surface area (Å²) in [5.74, 6) is 0.223. The molecule has 1 fully saturated rings. The van der Waals surface area contributed by atoms with E-state index in [4.69, 9.17) is 15.2 Å². The number of carbonyl (C=O) groups is 1. The van der Waals surface area contributed by atoms with Crippen LogP contribution in [0.25, 0.3) is 0 Å². The standard InChI is InChI=1S/C12H23NO3/c1-4-15-11(14)12(13)6-5-10(7-12)16-8-9(2)3/h9-10H,4-8,13H2,1-3H3. The maximum absolute atomic E-state index is 11.6. The zero-order chi connectivity index (χ0) is 12.2. The maximum Gasteiger partial charge on any atom is 0.326 e. The van der Waals surface area contributed by atoms with Crippen LogP contribution < -0.4 is 5.73 Å². The summed E-state index contributed by atoms with van der Waals surface area (Å²) in [5, 5.41) is 0. The van der Waals surface area contributed by atoms with Gasteiger partial charge in [0.15, 0.2) is 0 Å². The van der Waals surface area contributed by atoms with Crippen LogP contribution in [0.3, 0.4) is 0 Å². The first-order valence-corrected chi connectivity index (χ1v) is 6.05. The second-order valence-electron chi connectivity index (χ2n) is 4.97. The van der Waals surface area contributed by atoms with Gasteiger partial charge in [-0.3, -0.25) is 4.79 Å². The zero-order valence-corrected chi connectivity index (χ0v) is 10.5. The fraction of sp³-hybridized carbons (Fsp3) is 0.917. The molecule has 1 saturated carbocycles. The summed E-state index contributed by atoms with van der Waals surface area (Å²) in [6, 6.07) is 0. The molecule has 0 aliphatic heterocycles. The SMILES string of the molecule is CCOC(=O)C1(N)CCC(OCC(C)C)C1. The number of carbonyl (C=O) groups excluding carboxylic acids is 1. The van der Waals surface area contributed by atoms with E-state index >= 15 is 0 Å². The second-order valence-corrected chi connectivity index (χ2v) is 4.97. The van der Waals surface area contributed by atoms with Gasteiger partial charge in [-0.2, -0.15) is 0 Å². The lowest BCUT2D eigenvalue weighted by Gasteiger charge is -2.21. The van der Waals surface area contributed by atoms with Crippen molar-refractivity contribution in [1.82, 2.24) is 0 Å². The van der Waals surface area contributed by atoms with Crippen LogP contribution >= 0.6 is 0 Å². The highest BCUT2D eigenvalue weighted by atomic mass is 16.5. The quantitative estimate of drug-likeness (QED) is 0.725. The molecule has 2 N–H and O–H groups in total. The molecule has 1 aliphatic rings. The van der Waals surface area contributed by atoms with E-state index in [1.54, 1.807) is 6.92 Å². The van der Waals surface area contributed by atoms with Gasteiger partial charge in [-0.05, 0) is 25.7 Å². The Bertz CT molecular complexity index is 242. The van der Waals surface area contributed by atoms with E-state index < -0.39 is 5.54 Å². The number of hydrogen-bond acceptors (Lipinski definition) is 4. The molecule has 0 radical (unpaired) electrons. The van der Waals surface area contributed by atoms with Crippen molar-refractivity contribution in [3.05, 3.63) is 0 Å².